The highest BCUT2D eigenvalue weighted by Gasteiger charge is 2.76. The summed E-state index contributed by atoms with van der Waals surface area (Å²) in [4.78, 5) is 39.1. The third kappa shape index (κ3) is 4.44. The van der Waals surface area contributed by atoms with E-state index in [9.17, 15) is 24.6 Å². The second kappa shape index (κ2) is 10.1. The number of ether oxygens (including phenoxy) is 4. The van der Waals surface area contributed by atoms with Crippen LogP contribution in [0.3, 0.4) is 0 Å². The van der Waals surface area contributed by atoms with Gasteiger partial charge in [-0.1, -0.05) is 62.4 Å². The van der Waals surface area contributed by atoms with E-state index < -0.39 is 64.4 Å². The third-order valence-corrected chi connectivity index (χ3v) is 10.4. The topological polar surface area (TPSA) is 129 Å². The van der Waals surface area contributed by atoms with E-state index in [2.05, 4.69) is 6.58 Å². The summed E-state index contributed by atoms with van der Waals surface area (Å²) < 4.78 is 23.9. The predicted molar refractivity (Wildman–Crippen MR) is 153 cm³/mol. The maximum Gasteiger partial charge on any atom is 0.338 e. The van der Waals surface area contributed by atoms with Crippen molar-refractivity contribution in [2.75, 3.05) is 6.61 Å². The molecule has 0 radical (unpaired) electrons. The number of cyclic esters (lactones) is 1. The number of benzene rings is 2. The Balaban J connectivity index is 1.49. The fourth-order valence-corrected chi connectivity index (χ4v) is 7.93. The molecule has 2 aromatic rings. The van der Waals surface area contributed by atoms with Crippen LogP contribution in [0.5, 0.6) is 0 Å². The molecule has 2 heterocycles. The maximum absolute atomic E-state index is 13.6. The Bertz CT molecular complexity index is 1500. The second-order valence-corrected chi connectivity index (χ2v) is 12.7. The van der Waals surface area contributed by atoms with Crippen molar-refractivity contribution in [1.82, 2.24) is 0 Å². The molecule has 0 bridgehead atoms. The van der Waals surface area contributed by atoms with Gasteiger partial charge in [0.2, 0.25) is 0 Å². The minimum Gasteiger partial charge on any atom is -0.458 e. The van der Waals surface area contributed by atoms with Gasteiger partial charge in [-0.3, -0.25) is 0 Å². The van der Waals surface area contributed by atoms with Crippen molar-refractivity contribution < 1.29 is 43.5 Å². The molecule has 2 aliphatic heterocycles. The molecule has 1 saturated heterocycles. The number of carbonyl (C=O) groups is 3. The van der Waals surface area contributed by atoms with E-state index in [-0.39, 0.29) is 24.2 Å². The average Bonchev–Trinajstić information content (AvgIpc) is 3.43. The number of rotatable bonds is 5. The van der Waals surface area contributed by atoms with E-state index >= 15 is 0 Å². The molecule has 226 valence electrons. The molecule has 2 aromatic carbocycles. The van der Waals surface area contributed by atoms with Gasteiger partial charge in [0.1, 0.15) is 12.2 Å². The van der Waals surface area contributed by atoms with Crippen LogP contribution in [0, 0.1) is 16.7 Å². The van der Waals surface area contributed by atoms with Crippen LogP contribution in [0.4, 0.5) is 0 Å². The van der Waals surface area contributed by atoms with E-state index in [1.54, 1.807) is 67.6 Å². The molecule has 9 heteroatoms. The van der Waals surface area contributed by atoms with Gasteiger partial charge in [-0.25, -0.2) is 14.4 Å². The molecule has 9 nitrogen and oxygen atoms in total. The average molecular weight is 589 g/mol. The van der Waals surface area contributed by atoms with Crippen LogP contribution >= 0.6 is 0 Å². The zero-order chi connectivity index (χ0) is 30.8. The van der Waals surface area contributed by atoms with Crippen molar-refractivity contribution in [3.63, 3.8) is 0 Å². The molecule has 0 aromatic heterocycles. The van der Waals surface area contributed by atoms with Gasteiger partial charge in [0.25, 0.3) is 0 Å². The molecule has 6 rings (SSSR count). The van der Waals surface area contributed by atoms with Crippen molar-refractivity contribution in [2.24, 2.45) is 16.7 Å². The number of esters is 3. The first-order valence-corrected chi connectivity index (χ1v) is 14.5. The Morgan fingerprint density at radius 1 is 0.907 bits per heavy atom. The van der Waals surface area contributed by atoms with Crippen molar-refractivity contribution in [3.05, 3.63) is 95.6 Å². The van der Waals surface area contributed by atoms with Crippen LogP contribution in [0.15, 0.2) is 84.5 Å². The Morgan fingerprint density at radius 3 is 2.00 bits per heavy atom. The predicted octanol–water partition coefficient (Wildman–Crippen LogP) is 4.14. The summed E-state index contributed by atoms with van der Waals surface area (Å²) in [6.45, 7) is 9.53. The van der Waals surface area contributed by atoms with Gasteiger partial charge in [-0.05, 0) is 44.0 Å². The molecular formula is C34H36O9. The summed E-state index contributed by atoms with van der Waals surface area (Å²) >= 11 is 0. The Morgan fingerprint density at radius 2 is 1.47 bits per heavy atom. The van der Waals surface area contributed by atoms with Crippen LogP contribution in [-0.2, 0) is 23.7 Å². The maximum atomic E-state index is 13.6. The molecule has 2 aliphatic carbocycles. The molecule has 43 heavy (non-hydrogen) atoms. The number of hydrogen-bond donors (Lipinski definition) is 2. The first-order valence-electron chi connectivity index (χ1n) is 14.5. The van der Waals surface area contributed by atoms with Gasteiger partial charge in [0.05, 0.1) is 17.2 Å². The monoisotopic (exact) mass is 588 g/mol. The highest BCUT2D eigenvalue weighted by atomic mass is 16.6. The van der Waals surface area contributed by atoms with E-state index in [0.29, 0.717) is 18.4 Å². The molecule has 0 spiro atoms. The molecule has 2 N–H and O–H groups in total. The normalized spacial score (nSPS) is 38.4. The number of carbonyl (C=O) groups excluding carboxylic acids is 3. The molecule has 4 aliphatic rings. The van der Waals surface area contributed by atoms with Crippen LogP contribution in [-0.4, -0.2) is 64.4 Å². The lowest BCUT2D eigenvalue weighted by atomic mass is 9.41. The van der Waals surface area contributed by atoms with E-state index in [1.807, 2.05) is 13.8 Å². The van der Waals surface area contributed by atoms with Gasteiger partial charge >= 0.3 is 17.9 Å². The van der Waals surface area contributed by atoms with Crippen LogP contribution in [0.1, 0.15) is 60.7 Å². The number of aliphatic hydroxyl groups is 2. The van der Waals surface area contributed by atoms with Crippen molar-refractivity contribution in [3.8, 4) is 0 Å². The first-order chi connectivity index (χ1) is 20.3. The molecule has 2 saturated carbocycles. The molecule has 0 amide bonds. The van der Waals surface area contributed by atoms with E-state index in [0.717, 1.165) is 5.57 Å². The van der Waals surface area contributed by atoms with Crippen molar-refractivity contribution in [1.29, 1.82) is 0 Å². The van der Waals surface area contributed by atoms with Gasteiger partial charge in [-0.15, -0.1) is 0 Å². The zero-order valence-corrected chi connectivity index (χ0v) is 24.4. The Hall–Kier alpha value is -3.79. The van der Waals surface area contributed by atoms with Crippen LogP contribution < -0.4 is 0 Å². The highest BCUT2D eigenvalue weighted by Crippen LogP contribution is 2.69. The SMILES string of the molecule is C=C1CCC2OC(O)(C3=CC(=O)OC3)C[C@@]3(C)[C@H]2[C@]1(C)C(OC(=O)c1ccccc1)C(OC(=O)c1ccccc1)[C@@]3(C)O. The fraction of sp³-hybridized carbons (Fsp3) is 0.441. The lowest BCUT2D eigenvalue weighted by Gasteiger charge is -2.70. The van der Waals surface area contributed by atoms with E-state index in [1.165, 1.54) is 6.08 Å². The van der Waals surface area contributed by atoms with Crippen LogP contribution in [0.2, 0.25) is 0 Å². The summed E-state index contributed by atoms with van der Waals surface area (Å²) in [6, 6.07) is 16.8. The van der Waals surface area contributed by atoms with Crippen molar-refractivity contribution >= 4 is 17.9 Å². The highest BCUT2D eigenvalue weighted by molar-refractivity contribution is 5.90. The molecule has 3 fully saturated rings. The minimum atomic E-state index is -1.92. The molecular weight excluding hydrogens is 552 g/mol. The fourth-order valence-electron chi connectivity index (χ4n) is 7.93. The smallest absolute Gasteiger partial charge is 0.338 e. The van der Waals surface area contributed by atoms with Gasteiger partial charge in [0, 0.05) is 34.8 Å². The zero-order valence-electron chi connectivity index (χ0n) is 24.4. The Labute approximate surface area is 250 Å². The second-order valence-electron chi connectivity index (χ2n) is 12.7. The van der Waals surface area contributed by atoms with Gasteiger partial charge < -0.3 is 29.2 Å². The number of hydrogen-bond acceptors (Lipinski definition) is 9. The van der Waals surface area contributed by atoms with Gasteiger partial charge in [-0.2, -0.15) is 0 Å². The molecule has 8 atom stereocenters. The minimum absolute atomic E-state index is 0.140. The van der Waals surface area contributed by atoms with Crippen molar-refractivity contribution in [2.45, 2.75) is 69.7 Å². The largest absolute Gasteiger partial charge is 0.458 e. The summed E-state index contributed by atoms with van der Waals surface area (Å²) in [5, 5.41) is 24.6. The summed E-state index contributed by atoms with van der Waals surface area (Å²) in [5.74, 6) is -4.36. The quantitative estimate of drug-likeness (QED) is 0.301. The lowest BCUT2D eigenvalue weighted by molar-refractivity contribution is -0.363. The summed E-state index contributed by atoms with van der Waals surface area (Å²) in [7, 11) is 0. The van der Waals surface area contributed by atoms with Gasteiger partial charge in [0.15, 0.2) is 18.0 Å². The van der Waals surface area contributed by atoms with Crippen LogP contribution in [0.25, 0.3) is 0 Å². The molecule has 4 unspecified atom stereocenters. The Kier molecular flexibility index (Phi) is 6.91. The lowest BCUT2D eigenvalue weighted by Crippen LogP contribution is -2.78. The third-order valence-electron chi connectivity index (χ3n) is 10.4. The van der Waals surface area contributed by atoms with E-state index in [4.69, 9.17) is 18.9 Å². The standard InChI is InChI=1S/C34H36O9/c1-20-15-16-24-26-31(2,19-34(39,43-24)23-17-25(35)40-18-23)33(4,38)28(42-30(37)22-13-9-6-10-14-22)27(32(20,26)3)41-29(36)21-11-7-5-8-12-21/h5-14,17,24,26-28,38-39H,1,15-16,18-19H2,2-4H3/t24?,26-,27?,28?,31-,32+,33+,34?/m0/s1. The summed E-state index contributed by atoms with van der Waals surface area (Å²) in [5.41, 5.74) is -2.50. The first kappa shape index (κ1) is 29.3. The summed E-state index contributed by atoms with van der Waals surface area (Å²) in [6.07, 6.45) is -1.11.